The third-order valence-electron chi connectivity index (χ3n) is 3.03. The van der Waals surface area contributed by atoms with Crippen LogP contribution in [0.1, 0.15) is 32.8 Å². The van der Waals surface area contributed by atoms with Crippen molar-refractivity contribution in [3.63, 3.8) is 0 Å². The number of furan rings is 1. The molecule has 0 radical (unpaired) electrons. The van der Waals surface area contributed by atoms with Crippen LogP contribution in [0.4, 0.5) is 0 Å². The minimum absolute atomic E-state index is 0.00259. The first kappa shape index (κ1) is 15.4. The van der Waals surface area contributed by atoms with Crippen LogP contribution in [0.2, 0.25) is 0 Å². The molecule has 2 aromatic rings. The maximum absolute atomic E-state index is 12.6. The number of nitrogens with zero attached hydrogens (tertiary/aromatic N) is 1. The molecule has 0 saturated carbocycles. The zero-order chi connectivity index (χ0) is 15.2. The molecule has 110 valence electrons. The molecule has 0 saturated heterocycles. The molecule has 0 aliphatic heterocycles. The number of rotatable bonds is 4. The molecule has 5 heteroatoms. The highest BCUT2D eigenvalue weighted by atomic mass is 32.1. The molecule has 0 aliphatic rings. The van der Waals surface area contributed by atoms with Crippen molar-refractivity contribution in [3.05, 3.63) is 45.5 Å². The number of carbonyl (C=O) groups is 1. The number of carbonyl (C=O) groups excluding carboxylic acids is 1. The molecule has 2 rings (SSSR count). The van der Waals surface area contributed by atoms with Crippen LogP contribution in [-0.4, -0.2) is 23.9 Å². The number of hydrogen-bond acceptors (Lipinski definition) is 4. The zero-order valence-corrected chi connectivity index (χ0v) is 13.0. The summed E-state index contributed by atoms with van der Waals surface area (Å²) < 4.78 is 5.31. The van der Waals surface area contributed by atoms with Crippen molar-refractivity contribution in [2.75, 3.05) is 13.1 Å². The van der Waals surface area contributed by atoms with Gasteiger partial charge in [0.05, 0.1) is 29.1 Å². The van der Waals surface area contributed by atoms with Crippen LogP contribution in [0.15, 0.2) is 28.9 Å². The van der Waals surface area contributed by atoms with Crippen molar-refractivity contribution in [3.8, 4) is 11.8 Å². The summed E-state index contributed by atoms with van der Waals surface area (Å²) >= 11 is 1.41. The Kier molecular flexibility index (Phi) is 5.20. The summed E-state index contributed by atoms with van der Waals surface area (Å²) in [6.45, 7) is 5.33. The van der Waals surface area contributed by atoms with Crippen molar-refractivity contribution in [1.29, 1.82) is 0 Å². The van der Waals surface area contributed by atoms with E-state index >= 15 is 0 Å². The standard InChI is InChI=1S/C16H18N2O2S/c1-3-18(11-13-6-5-9-20-13)16(19)15-10-12(2)14(21-15)7-4-8-17/h5-6,9-10H,3,8,11,17H2,1-2H3. The maximum Gasteiger partial charge on any atom is 0.264 e. The van der Waals surface area contributed by atoms with Crippen LogP contribution in [0, 0.1) is 18.8 Å². The number of amides is 1. The van der Waals surface area contributed by atoms with Crippen molar-refractivity contribution in [2.24, 2.45) is 5.73 Å². The predicted molar refractivity (Wildman–Crippen MR) is 84.1 cm³/mol. The second kappa shape index (κ2) is 7.11. The Balaban J connectivity index is 2.17. The van der Waals surface area contributed by atoms with Crippen molar-refractivity contribution in [2.45, 2.75) is 20.4 Å². The molecule has 21 heavy (non-hydrogen) atoms. The topological polar surface area (TPSA) is 59.5 Å². The van der Waals surface area contributed by atoms with Crippen LogP contribution < -0.4 is 5.73 Å². The lowest BCUT2D eigenvalue weighted by Gasteiger charge is -2.18. The first-order valence-electron chi connectivity index (χ1n) is 6.76. The largest absolute Gasteiger partial charge is 0.467 e. The highest BCUT2D eigenvalue weighted by Crippen LogP contribution is 2.23. The molecule has 0 spiro atoms. The third-order valence-corrected chi connectivity index (χ3v) is 4.17. The Bertz CT molecular complexity index is 662. The minimum atomic E-state index is 0.00259. The van der Waals surface area contributed by atoms with Gasteiger partial charge in [0.15, 0.2) is 0 Å². The van der Waals surface area contributed by atoms with Gasteiger partial charge in [-0.2, -0.15) is 0 Å². The minimum Gasteiger partial charge on any atom is -0.467 e. The Labute approximate surface area is 128 Å². The van der Waals surface area contributed by atoms with Gasteiger partial charge in [-0.3, -0.25) is 4.79 Å². The summed E-state index contributed by atoms with van der Waals surface area (Å²) in [7, 11) is 0. The fourth-order valence-corrected chi connectivity index (χ4v) is 2.93. The molecule has 0 unspecified atom stereocenters. The summed E-state index contributed by atoms with van der Waals surface area (Å²) in [5.74, 6) is 6.61. The van der Waals surface area contributed by atoms with Gasteiger partial charge in [0, 0.05) is 6.54 Å². The molecule has 0 fully saturated rings. The van der Waals surface area contributed by atoms with E-state index in [0.717, 1.165) is 16.2 Å². The smallest absolute Gasteiger partial charge is 0.264 e. The SMILES string of the molecule is CCN(Cc1ccco1)C(=O)c1cc(C)c(C#CCN)s1. The van der Waals surface area contributed by atoms with Crippen LogP contribution in [0.3, 0.4) is 0 Å². The lowest BCUT2D eigenvalue weighted by molar-refractivity contribution is 0.0746. The number of thiophene rings is 1. The van der Waals surface area contributed by atoms with E-state index in [9.17, 15) is 4.79 Å². The van der Waals surface area contributed by atoms with E-state index in [-0.39, 0.29) is 5.91 Å². The summed E-state index contributed by atoms with van der Waals surface area (Å²) in [6.07, 6.45) is 1.61. The molecule has 1 amide bonds. The number of hydrogen-bond donors (Lipinski definition) is 1. The van der Waals surface area contributed by atoms with E-state index in [2.05, 4.69) is 11.8 Å². The quantitative estimate of drug-likeness (QED) is 0.883. The van der Waals surface area contributed by atoms with E-state index < -0.39 is 0 Å². The summed E-state index contributed by atoms with van der Waals surface area (Å²) in [5.41, 5.74) is 6.40. The average molecular weight is 302 g/mol. The van der Waals surface area contributed by atoms with Crippen LogP contribution in [-0.2, 0) is 6.54 Å². The lowest BCUT2D eigenvalue weighted by atomic mass is 10.2. The Hall–Kier alpha value is -2.03. The van der Waals surface area contributed by atoms with E-state index in [1.54, 1.807) is 11.2 Å². The summed E-state index contributed by atoms with van der Waals surface area (Å²) in [5, 5.41) is 0. The van der Waals surface area contributed by atoms with Crippen molar-refractivity contribution in [1.82, 2.24) is 4.90 Å². The van der Waals surface area contributed by atoms with Gasteiger partial charge in [-0.05, 0) is 37.6 Å². The Morgan fingerprint density at radius 3 is 2.95 bits per heavy atom. The fourth-order valence-electron chi connectivity index (χ4n) is 1.92. The highest BCUT2D eigenvalue weighted by molar-refractivity contribution is 7.14. The van der Waals surface area contributed by atoms with Gasteiger partial charge in [-0.15, -0.1) is 11.3 Å². The number of nitrogens with two attached hydrogens (primary N) is 1. The molecule has 2 aromatic heterocycles. The number of aryl methyl sites for hydroxylation is 1. The summed E-state index contributed by atoms with van der Waals surface area (Å²) in [4.78, 5) is 15.9. The van der Waals surface area contributed by atoms with Gasteiger partial charge < -0.3 is 15.1 Å². The Morgan fingerprint density at radius 1 is 1.52 bits per heavy atom. The monoisotopic (exact) mass is 302 g/mol. The average Bonchev–Trinajstić information content (AvgIpc) is 3.11. The normalized spacial score (nSPS) is 10.0. The van der Waals surface area contributed by atoms with Crippen LogP contribution >= 0.6 is 11.3 Å². The Morgan fingerprint density at radius 2 is 2.33 bits per heavy atom. The molecule has 0 atom stereocenters. The molecule has 0 aliphatic carbocycles. The van der Waals surface area contributed by atoms with E-state index in [1.807, 2.05) is 32.0 Å². The molecule has 4 nitrogen and oxygen atoms in total. The molecular weight excluding hydrogens is 284 g/mol. The zero-order valence-electron chi connectivity index (χ0n) is 12.2. The second-order valence-corrected chi connectivity index (χ2v) is 5.58. The van der Waals surface area contributed by atoms with Gasteiger partial charge in [0.2, 0.25) is 0 Å². The van der Waals surface area contributed by atoms with Gasteiger partial charge in [-0.25, -0.2) is 0 Å². The van der Waals surface area contributed by atoms with Gasteiger partial charge in [0.1, 0.15) is 5.76 Å². The van der Waals surface area contributed by atoms with Gasteiger partial charge in [-0.1, -0.05) is 11.8 Å². The van der Waals surface area contributed by atoms with Crippen molar-refractivity contribution >= 4 is 17.2 Å². The lowest BCUT2D eigenvalue weighted by Crippen LogP contribution is -2.29. The first-order chi connectivity index (χ1) is 10.2. The third kappa shape index (κ3) is 3.75. The molecule has 0 aromatic carbocycles. The molecule has 2 N–H and O–H groups in total. The van der Waals surface area contributed by atoms with Crippen molar-refractivity contribution < 1.29 is 9.21 Å². The molecular formula is C16H18N2O2S. The van der Waals surface area contributed by atoms with Crippen LogP contribution in [0.25, 0.3) is 0 Å². The van der Waals surface area contributed by atoms with Gasteiger partial charge in [0.25, 0.3) is 5.91 Å². The molecule has 2 heterocycles. The van der Waals surface area contributed by atoms with Gasteiger partial charge >= 0.3 is 0 Å². The fraction of sp³-hybridized carbons (Fsp3) is 0.312. The van der Waals surface area contributed by atoms with E-state index in [4.69, 9.17) is 10.2 Å². The second-order valence-electron chi connectivity index (χ2n) is 4.53. The maximum atomic E-state index is 12.6. The van der Waals surface area contributed by atoms with E-state index in [1.165, 1.54) is 11.3 Å². The molecule has 0 bridgehead atoms. The first-order valence-corrected chi connectivity index (χ1v) is 7.58. The van der Waals surface area contributed by atoms with E-state index in [0.29, 0.717) is 24.5 Å². The highest BCUT2D eigenvalue weighted by Gasteiger charge is 2.18. The summed E-state index contributed by atoms with van der Waals surface area (Å²) in [6, 6.07) is 5.58. The van der Waals surface area contributed by atoms with Crippen LogP contribution in [0.5, 0.6) is 0 Å². The predicted octanol–water partition coefficient (Wildman–Crippen LogP) is 2.62.